The van der Waals surface area contributed by atoms with E-state index in [9.17, 15) is 34.2 Å². The van der Waals surface area contributed by atoms with Crippen molar-refractivity contribution in [1.82, 2.24) is 4.90 Å². The van der Waals surface area contributed by atoms with Crippen molar-refractivity contribution < 1.29 is 34.2 Å². The number of aryl methyl sites for hydroxylation is 1. The lowest BCUT2D eigenvalue weighted by Gasteiger charge is -2.52. The highest BCUT2D eigenvalue weighted by atomic mass is 32.2. The van der Waals surface area contributed by atoms with Crippen molar-refractivity contribution >= 4 is 40.8 Å². The maximum absolute atomic E-state index is 14.1. The topological polar surface area (TPSA) is 155 Å². The number of hydrogen-bond acceptors (Lipinski definition) is 9. The Bertz CT molecular complexity index is 1280. The van der Waals surface area contributed by atoms with E-state index in [0.717, 1.165) is 18.4 Å². The number of carbonyl (C=O) groups excluding carboxylic acids is 5. The van der Waals surface area contributed by atoms with Crippen LogP contribution in [0.4, 0.5) is 0 Å². The van der Waals surface area contributed by atoms with Gasteiger partial charge in [-0.2, -0.15) is 11.8 Å². The van der Waals surface area contributed by atoms with E-state index >= 15 is 0 Å². The zero-order chi connectivity index (χ0) is 29.9. The van der Waals surface area contributed by atoms with Gasteiger partial charge in [0.15, 0.2) is 34.7 Å². The summed E-state index contributed by atoms with van der Waals surface area (Å²) in [6, 6.07) is 0.848. The molecule has 40 heavy (non-hydrogen) atoms. The number of likely N-dealkylation sites (N-methyl/N-ethyl adjacent to an activating group) is 1. The number of nitrogens with zero attached hydrogens (tertiary/aromatic N) is 1. The number of nitrogens with two attached hydrogens (primary N) is 1. The maximum Gasteiger partial charge on any atom is 0.235 e. The number of amides is 1. The number of fused-ring (bicyclic) bond motifs is 3. The number of rotatable bonds is 7. The van der Waals surface area contributed by atoms with Crippen LogP contribution < -0.4 is 5.73 Å². The molecule has 6 atom stereocenters. The average Bonchev–Trinajstić information content (AvgIpc) is 2.83. The molecule has 0 saturated heterocycles. The molecule has 9 nitrogen and oxygen atoms in total. The van der Waals surface area contributed by atoms with Crippen LogP contribution in [0.2, 0.25) is 0 Å². The van der Waals surface area contributed by atoms with Crippen molar-refractivity contribution in [2.75, 3.05) is 20.4 Å². The number of Topliss-reactive ketones (excluding diaryl/α,β-unsaturated/α-hetero) is 4. The first-order chi connectivity index (χ1) is 18.6. The van der Waals surface area contributed by atoms with Gasteiger partial charge >= 0.3 is 0 Å². The molecule has 1 aromatic carbocycles. The van der Waals surface area contributed by atoms with E-state index in [4.69, 9.17) is 5.73 Å². The van der Waals surface area contributed by atoms with Gasteiger partial charge in [-0.05, 0) is 74.9 Å². The number of aromatic hydroxyl groups is 1. The molecule has 1 amide bonds. The van der Waals surface area contributed by atoms with Crippen LogP contribution in [-0.4, -0.2) is 76.1 Å². The summed E-state index contributed by atoms with van der Waals surface area (Å²) in [5.41, 5.74) is 5.15. The Morgan fingerprint density at radius 3 is 2.35 bits per heavy atom. The van der Waals surface area contributed by atoms with E-state index in [1.807, 2.05) is 12.3 Å². The van der Waals surface area contributed by atoms with Gasteiger partial charge in [0.05, 0.1) is 17.5 Å². The Hall–Kier alpha value is -2.56. The molecule has 0 aliphatic heterocycles. The second-order valence-electron chi connectivity index (χ2n) is 13.0. The fourth-order valence-corrected chi connectivity index (χ4v) is 7.64. The molecule has 2 fully saturated rings. The number of phenolic OH excluding ortho intramolecular Hbond substituents is 1. The van der Waals surface area contributed by atoms with Gasteiger partial charge in [-0.1, -0.05) is 26.8 Å². The monoisotopic (exact) mass is 572 g/mol. The van der Waals surface area contributed by atoms with Gasteiger partial charge in [0.2, 0.25) is 5.91 Å². The summed E-state index contributed by atoms with van der Waals surface area (Å²) in [6.07, 6.45) is 4.78. The number of thioether (sulfide) groups is 1. The summed E-state index contributed by atoms with van der Waals surface area (Å²) in [4.78, 5) is 68.4. The standard InChI is InChI=1S/C30H40N2O7S/c1-29(2,3)9-7-8-14-10-16(13-40-6)23(33)20-17(14)11-15-12-18-22(32(4)5)25(35)21(28(31)38)27(37)30(18,39)26(36)19(15)24(20)34/h10,15,18-19,21-22,33,39H,7-9,11-13H2,1-6H3,(H2,31,38)/t15-,18-,19?,21?,22?,30-/m0/s1. The van der Waals surface area contributed by atoms with E-state index < -0.39 is 64.4 Å². The molecule has 10 heteroatoms. The van der Waals surface area contributed by atoms with Crippen LogP contribution in [0, 0.1) is 29.1 Å². The quantitative estimate of drug-likeness (QED) is 0.417. The molecule has 0 bridgehead atoms. The van der Waals surface area contributed by atoms with E-state index in [2.05, 4.69) is 20.8 Å². The minimum absolute atomic E-state index is 0.0542. The molecule has 4 rings (SSSR count). The molecule has 218 valence electrons. The van der Waals surface area contributed by atoms with Crippen molar-refractivity contribution in [3.63, 3.8) is 0 Å². The minimum atomic E-state index is -2.71. The number of benzene rings is 1. The molecule has 4 N–H and O–H groups in total. The van der Waals surface area contributed by atoms with Crippen LogP contribution in [0.5, 0.6) is 5.75 Å². The van der Waals surface area contributed by atoms with Crippen LogP contribution in [0.15, 0.2) is 6.07 Å². The number of hydrogen-bond donors (Lipinski definition) is 3. The van der Waals surface area contributed by atoms with Crippen LogP contribution >= 0.6 is 11.8 Å². The predicted molar refractivity (Wildman–Crippen MR) is 151 cm³/mol. The maximum atomic E-state index is 14.1. The first kappa shape index (κ1) is 30.4. The fraction of sp³-hybridized carbons (Fsp3) is 0.633. The molecule has 0 radical (unpaired) electrons. The minimum Gasteiger partial charge on any atom is -0.507 e. The third-order valence-electron chi connectivity index (χ3n) is 8.91. The third-order valence-corrected chi connectivity index (χ3v) is 9.51. The van der Waals surface area contributed by atoms with Crippen molar-refractivity contribution in [3.8, 4) is 5.75 Å². The Morgan fingerprint density at radius 1 is 1.15 bits per heavy atom. The highest BCUT2D eigenvalue weighted by Gasteiger charge is 2.69. The highest BCUT2D eigenvalue weighted by Crippen LogP contribution is 2.51. The lowest BCUT2D eigenvalue weighted by Crippen LogP contribution is -2.74. The van der Waals surface area contributed by atoms with Gasteiger partial charge < -0.3 is 15.9 Å². The summed E-state index contributed by atoms with van der Waals surface area (Å²) < 4.78 is 0. The highest BCUT2D eigenvalue weighted by molar-refractivity contribution is 7.97. The van der Waals surface area contributed by atoms with Crippen LogP contribution in [0.3, 0.4) is 0 Å². The molecule has 3 unspecified atom stereocenters. The van der Waals surface area contributed by atoms with Crippen LogP contribution in [0.25, 0.3) is 0 Å². The Morgan fingerprint density at radius 2 is 1.80 bits per heavy atom. The van der Waals surface area contributed by atoms with E-state index in [1.165, 1.54) is 16.7 Å². The molecule has 0 heterocycles. The first-order valence-electron chi connectivity index (χ1n) is 13.8. The largest absolute Gasteiger partial charge is 0.507 e. The molecular formula is C30H40N2O7S. The van der Waals surface area contributed by atoms with Crippen molar-refractivity contribution in [3.05, 3.63) is 28.3 Å². The summed E-state index contributed by atoms with van der Waals surface area (Å²) in [5, 5.41) is 23.0. The Kier molecular flexibility index (Phi) is 8.12. The van der Waals surface area contributed by atoms with Crippen LogP contribution in [-0.2, 0) is 37.8 Å². The zero-order valence-electron chi connectivity index (χ0n) is 24.1. The molecular weight excluding hydrogens is 532 g/mol. The molecule has 0 aromatic heterocycles. The SMILES string of the molecule is CSCc1cc(CCCC(C)(C)C)c2c(c1O)C(=O)C1C(=O)[C@]3(O)C(=O)C(C(N)=O)C(=O)C(N(C)C)[C@@H]3C[C@@H]1C2. The van der Waals surface area contributed by atoms with Gasteiger partial charge in [0.1, 0.15) is 5.75 Å². The fourth-order valence-electron chi connectivity index (χ4n) is 7.11. The number of ketones is 4. The molecule has 0 spiro atoms. The lowest BCUT2D eigenvalue weighted by atomic mass is 9.52. The van der Waals surface area contributed by atoms with E-state index in [1.54, 1.807) is 14.1 Å². The molecule has 2 saturated carbocycles. The number of primary amides is 1. The second-order valence-corrected chi connectivity index (χ2v) is 13.9. The second kappa shape index (κ2) is 10.7. The Balaban J connectivity index is 1.83. The van der Waals surface area contributed by atoms with Crippen LogP contribution in [0.1, 0.15) is 67.1 Å². The first-order valence-corrected chi connectivity index (χ1v) is 15.2. The van der Waals surface area contributed by atoms with Crippen molar-refractivity contribution in [2.24, 2.45) is 34.8 Å². The average molecular weight is 573 g/mol. The summed E-state index contributed by atoms with van der Waals surface area (Å²) in [5.74, 6) is -9.61. The predicted octanol–water partition coefficient (Wildman–Crippen LogP) is 2.10. The van der Waals surface area contributed by atoms with Gasteiger partial charge in [-0.3, -0.25) is 28.9 Å². The summed E-state index contributed by atoms with van der Waals surface area (Å²) in [6.45, 7) is 6.49. The lowest BCUT2D eigenvalue weighted by molar-refractivity contribution is -0.181. The van der Waals surface area contributed by atoms with Crippen molar-refractivity contribution in [1.29, 1.82) is 0 Å². The van der Waals surface area contributed by atoms with Gasteiger partial charge in [0, 0.05) is 17.2 Å². The summed E-state index contributed by atoms with van der Waals surface area (Å²) in [7, 11) is 3.15. The van der Waals surface area contributed by atoms with Gasteiger partial charge in [-0.25, -0.2) is 0 Å². The third kappa shape index (κ3) is 4.81. The van der Waals surface area contributed by atoms with E-state index in [-0.39, 0.29) is 23.1 Å². The Labute approximate surface area is 239 Å². The number of carbonyl (C=O) groups is 5. The molecule has 3 aliphatic rings. The zero-order valence-corrected chi connectivity index (χ0v) is 24.9. The molecule has 1 aromatic rings. The number of phenols is 1. The van der Waals surface area contributed by atoms with Crippen molar-refractivity contribution in [2.45, 2.75) is 70.3 Å². The normalized spacial score (nSPS) is 30.2. The smallest absolute Gasteiger partial charge is 0.235 e. The van der Waals surface area contributed by atoms with Gasteiger partial charge in [-0.15, -0.1) is 0 Å². The van der Waals surface area contributed by atoms with Gasteiger partial charge in [0.25, 0.3) is 0 Å². The molecule has 3 aliphatic carbocycles. The number of aliphatic hydroxyl groups is 1. The summed E-state index contributed by atoms with van der Waals surface area (Å²) >= 11 is 1.50. The van der Waals surface area contributed by atoms with E-state index in [0.29, 0.717) is 29.7 Å².